The Balaban J connectivity index is 1.78. The van der Waals surface area contributed by atoms with E-state index in [-0.39, 0.29) is 16.3 Å². The van der Waals surface area contributed by atoms with Crippen LogP contribution in [0.15, 0.2) is 94.4 Å². The van der Waals surface area contributed by atoms with E-state index in [4.69, 9.17) is 0 Å². The average Bonchev–Trinajstić information content (AvgIpc) is 2.95. The van der Waals surface area contributed by atoms with E-state index in [9.17, 15) is 14.0 Å². The van der Waals surface area contributed by atoms with Crippen LogP contribution in [-0.4, -0.2) is 11.8 Å². The number of hydrogen-bond donors (Lipinski definition) is 1. The Labute approximate surface area is 172 Å². The number of anilines is 2. The van der Waals surface area contributed by atoms with E-state index in [1.807, 2.05) is 61.5 Å². The number of benzene rings is 3. The smallest absolute Gasteiger partial charge is 0.283 e. The topological polar surface area (TPSA) is 49.4 Å². The first-order valence-corrected chi connectivity index (χ1v) is 9.81. The third kappa shape index (κ3) is 3.67. The first-order chi connectivity index (χ1) is 14.1. The molecule has 0 unspecified atom stereocenters. The van der Waals surface area contributed by atoms with Gasteiger partial charge in [-0.05, 0) is 42.8 Å². The Hall–Kier alpha value is -3.38. The summed E-state index contributed by atoms with van der Waals surface area (Å²) in [6, 6.07) is 22.5. The molecule has 1 aliphatic rings. The lowest BCUT2D eigenvalue weighted by molar-refractivity contribution is -0.120. The van der Waals surface area contributed by atoms with Crippen molar-refractivity contribution in [3.8, 4) is 0 Å². The van der Waals surface area contributed by atoms with E-state index in [2.05, 4.69) is 5.32 Å². The Kier molecular flexibility index (Phi) is 5.18. The molecule has 0 fully saturated rings. The lowest BCUT2D eigenvalue weighted by atomic mass is 10.2. The van der Waals surface area contributed by atoms with Crippen molar-refractivity contribution in [3.63, 3.8) is 0 Å². The summed E-state index contributed by atoms with van der Waals surface area (Å²) in [5, 5.41) is 3.10. The number of imide groups is 1. The largest absolute Gasteiger partial charge is 0.350 e. The lowest BCUT2D eigenvalue weighted by Gasteiger charge is -2.16. The summed E-state index contributed by atoms with van der Waals surface area (Å²) in [6.45, 7) is 1.91. The second kappa shape index (κ2) is 7.93. The monoisotopic (exact) mass is 404 g/mol. The van der Waals surface area contributed by atoms with Crippen molar-refractivity contribution < 1.29 is 14.0 Å². The molecule has 0 saturated heterocycles. The molecule has 0 saturated carbocycles. The molecule has 0 aromatic heterocycles. The van der Waals surface area contributed by atoms with Crippen molar-refractivity contribution in [3.05, 3.63) is 101 Å². The third-order valence-corrected chi connectivity index (χ3v) is 5.59. The van der Waals surface area contributed by atoms with Crippen LogP contribution in [0, 0.1) is 12.7 Å². The predicted octanol–water partition coefficient (Wildman–Crippen LogP) is 5.12. The standard InChI is InChI=1S/C23H17FN2O2S/c1-15-9-5-7-13-18(15)25-20-21(29-16-10-3-2-4-11-16)23(28)26(22(20)27)19-14-8-6-12-17(19)24/h2-14,25H,1H3. The summed E-state index contributed by atoms with van der Waals surface area (Å²) >= 11 is 1.18. The van der Waals surface area contributed by atoms with E-state index >= 15 is 0 Å². The molecule has 1 N–H and O–H groups in total. The number of thioether (sulfide) groups is 1. The molecule has 0 bridgehead atoms. The quantitative estimate of drug-likeness (QED) is 0.600. The fourth-order valence-electron chi connectivity index (χ4n) is 3.02. The maximum atomic E-state index is 14.4. The number of nitrogens with zero attached hydrogens (tertiary/aromatic N) is 1. The van der Waals surface area contributed by atoms with Gasteiger partial charge in [-0.3, -0.25) is 9.59 Å². The Morgan fingerprint density at radius 2 is 1.48 bits per heavy atom. The van der Waals surface area contributed by atoms with Gasteiger partial charge in [-0.25, -0.2) is 9.29 Å². The Morgan fingerprint density at radius 3 is 2.21 bits per heavy atom. The highest BCUT2D eigenvalue weighted by Gasteiger charge is 2.41. The first-order valence-electron chi connectivity index (χ1n) is 8.99. The van der Waals surface area contributed by atoms with Crippen LogP contribution in [0.5, 0.6) is 0 Å². The zero-order valence-corrected chi connectivity index (χ0v) is 16.4. The molecule has 29 heavy (non-hydrogen) atoms. The second-order valence-corrected chi connectivity index (χ2v) is 7.54. The maximum absolute atomic E-state index is 14.4. The molecule has 6 heteroatoms. The summed E-state index contributed by atoms with van der Waals surface area (Å²) in [6.07, 6.45) is 0. The highest BCUT2D eigenvalue weighted by molar-refractivity contribution is 8.04. The lowest BCUT2D eigenvalue weighted by Crippen LogP contribution is -2.33. The zero-order chi connectivity index (χ0) is 20.4. The SMILES string of the molecule is Cc1ccccc1NC1=C(Sc2ccccc2)C(=O)N(c2ccccc2F)C1=O. The second-order valence-electron chi connectivity index (χ2n) is 6.46. The van der Waals surface area contributed by atoms with Crippen LogP contribution in [0.1, 0.15) is 5.56 Å². The summed E-state index contributed by atoms with van der Waals surface area (Å²) in [4.78, 5) is 28.3. The number of halogens is 1. The summed E-state index contributed by atoms with van der Waals surface area (Å²) in [7, 11) is 0. The van der Waals surface area contributed by atoms with Gasteiger partial charge in [0.1, 0.15) is 16.4 Å². The van der Waals surface area contributed by atoms with E-state index in [1.54, 1.807) is 6.07 Å². The molecular formula is C23H17FN2O2S. The minimum Gasteiger partial charge on any atom is -0.350 e. The molecule has 144 valence electrons. The van der Waals surface area contributed by atoms with Gasteiger partial charge in [-0.2, -0.15) is 0 Å². The van der Waals surface area contributed by atoms with Gasteiger partial charge < -0.3 is 5.32 Å². The minimum atomic E-state index is -0.629. The van der Waals surface area contributed by atoms with Gasteiger partial charge >= 0.3 is 0 Å². The molecule has 3 aromatic carbocycles. The molecule has 0 aliphatic carbocycles. The Morgan fingerprint density at radius 1 is 0.828 bits per heavy atom. The van der Waals surface area contributed by atoms with Crippen molar-refractivity contribution in [1.82, 2.24) is 0 Å². The van der Waals surface area contributed by atoms with Gasteiger partial charge in [0.05, 0.1) is 5.69 Å². The molecule has 1 aliphatic heterocycles. The van der Waals surface area contributed by atoms with Crippen molar-refractivity contribution in [2.24, 2.45) is 0 Å². The molecule has 4 rings (SSSR count). The van der Waals surface area contributed by atoms with Crippen LogP contribution in [0.25, 0.3) is 0 Å². The van der Waals surface area contributed by atoms with Crippen molar-refractivity contribution in [1.29, 1.82) is 0 Å². The number of hydrogen-bond acceptors (Lipinski definition) is 4. The average molecular weight is 404 g/mol. The highest BCUT2D eigenvalue weighted by atomic mass is 32.2. The van der Waals surface area contributed by atoms with Gasteiger partial charge in [0, 0.05) is 10.6 Å². The predicted molar refractivity (Wildman–Crippen MR) is 113 cm³/mol. The molecule has 1 heterocycles. The van der Waals surface area contributed by atoms with Crippen molar-refractivity contribution >= 4 is 35.0 Å². The fourth-order valence-corrected chi connectivity index (χ4v) is 3.97. The van der Waals surface area contributed by atoms with Gasteiger partial charge in [0.2, 0.25) is 0 Å². The van der Waals surface area contributed by atoms with Crippen LogP contribution in [-0.2, 0) is 9.59 Å². The fraction of sp³-hybridized carbons (Fsp3) is 0.0435. The summed E-state index contributed by atoms with van der Waals surface area (Å²) < 4.78 is 14.4. The van der Waals surface area contributed by atoms with Crippen LogP contribution in [0.2, 0.25) is 0 Å². The summed E-state index contributed by atoms with van der Waals surface area (Å²) in [5.41, 5.74) is 1.72. The molecule has 4 nitrogen and oxygen atoms in total. The number of rotatable bonds is 5. The van der Waals surface area contributed by atoms with Crippen molar-refractivity contribution in [2.75, 3.05) is 10.2 Å². The molecule has 3 aromatic rings. The molecule has 0 radical (unpaired) electrons. The van der Waals surface area contributed by atoms with Crippen LogP contribution >= 0.6 is 11.8 Å². The number of aryl methyl sites for hydroxylation is 1. The number of carbonyl (C=O) groups excluding carboxylic acids is 2. The third-order valence-electron chi connectivity index (χ3n) is 4.50. The molecular weight excluding hydrogens is 387 g/mol. The van der Waals surface area contributed by atoms with Gasteiger partial charge in [-0.15, -0.1) is 0 Å². The summed E-state index contributed by atoms with van der Waals surface area (Å²) in [5.74, 6) is -1.76. The minimum absolute atomic E-state index is 0.0600. The van der Waals surface area contributed by atoms with Gasteiger partial charge in [0.15, 0.2) is 0 Å². The first kappa shape index (κ1) is 19.0. The van der Waals surface area contributed by atoms with Crippen molar-refractivity contribution in [2.45, 2.75) is 11.8 Å². The number of nitrogens with one attached hydrogen (secondary N) is 1. The molecule has 0 atom stereocenters. The van der Waals surface area contributed by atoms with Gasteiger partial charge in [0.25, 0.3) is 11.8 Å². The number of para-hydroxylation sites is 2. The maximum Gasteiger partial charge on any atom is 0.283 e. The Bertz CT molecular complexity index is 1130. The normalized spacial score (nSPS) is 13.9. The number of amides is 2. The van der Waals surface area contributed by atoms with E-state index in [0.29, 0.717) is 5.69 Å². The highest BCUT2D eigenvalue weighted by Crippen LogP contribution is 2.38. The zero-order valence-electron chi connectivity index (χ0n) is 15.6. The van der Waals surface area contributed by atoms with Crippen LogP contribution < -0.4 is 10.2 Å². The van der Waals surface area contributed by atoms with E-state index < -0.39 is 17.6 Å². The molecule has 2 amide bonds. The van der Waals surface area contributed by atoms with E-state index in [0.717, 1.165) is 15.4 Å². The van der Waals surface area contributed by atoms with Crippen LogP contribution in [0.3, 0.4) is 0 Å². The van der Waals surface area contributed by atoms with E-state index in [1.165, 1.54) is 30.0 Å². The van der Waals surface area contributed by atoms with Gasteiger partial charge in [-0.1, -0.05) is 60.3 Å². The molecule has 0 spiro atoms. The van der Waals surface area contributed by atoms with Crippen LogP contribution in [0.4, 0.5) is 15.8 Å². The number of carbonyl (C=O) groups is 2.